The molecular weight excluding hydrogens is 234 g/mol. The first-order chi connectivity index (χ1) is 8.43. The van der Waals surface area contributed by atoms with Crippen LogP contribution in [0.15, 0.2) is 18.2 Å². The van der Waals surface area contributed by atoms with Crippen LogP contribution in [0.25, 0.3) is 0 Å². The molecule has 0 radical (unpaired) electrons. The highest BCUT2D eigenvalue weighted by molar-refractivity contribution is 5.96. The van der Waals surface area contributed by atoms with Gasteiger partial charge in [-0.25, -0.2) is 0 Å². The second-order valence-electron chi connectivity index (χ2n) is 3.87. The van der Waals surface area contributed by atoms with Crippen molar-refractivity contribution in [3.05, 3.63) is 18.2 Å². The normalized spacial score (nSPS) is 11.6. The number of nitrogens with two attached hydrogens (primary N) is 1. The molecule has 4 N–H and O–H groups in total. The topological polar surface area (TPSA) is 93.4 Å². The maximum atomic E-state index is 11.4. The van der Waals surface area contributed by atoms with E-state index in [2.05, 4.69) is 10.6 Å². The summed E-state index contributed by atoms with van der Waals surface area (Å²) in [6, 6.07) is 4.34. The number of benzene rings is 1. The van der Waals surface area contributed by atoms with Crippen molar-refractivity contribution in [1.82, 2.24) is 0 Å². The van der Waals surface area contributed by atoms with Gasteiger partial charge in [-0.1, -0.05) is 0 Å². The average Bonchev–Trinajstić information content (AvgIpc) is 2.28. The Kier molecular flexibility index (Phi) is 4.67. The summed E-state index contributed by atoms with van der Waals surface area (Å²) in [4.78, 5) is 22.5. The number of amides is 2. The minimum Gasteiger partial charge on any atom is -0.495 e. The van der Waals surface area contributed by atoms with Crippen molar-refractivity contribution in [3.8, 4) is 5.75 Å². The molecule has 2 amide bonds. The Balaban J connectivity index is 2.95. The van der Waals surface area contributed by atoms with Crippen LogP contribution >= 0.6 is 0 Å². The molecule has 0 fully saturated rings. The molecule has 0 saturated carbocycles. The Morgan fingerprint density at radius 3 is 2.50 bits per heavy atom. The van der Waals surface area contributed by atoms with Crippen LogP contribution in [0.4, 0.5) is 11.4 Å². The SMILES string of the molecule is COc1ccc(NC(=O)C(C)N)cc1NC(C)=O. The first-order valence-electron chi connectivity index (χ1n) is 5.46. The lowest BCUT2D eigenvalue weighted by Gasteiger charge is -2.12. The molecule has 0 heterocycles. The van der Waals surface area contributed by atoms with Crippen molar-refractivity contribution in [2.45, 2.75) is 19.9 Å². The van der Waals surface area contributed by atoms with Crippen LogP contribution in [-0.2, 0) is 9.59 Å². The van der Waals surface area contributed by atoms with Crippen LogP contribution in [0, 0.1) is 0 Å². The molecule has 1 unspecified atom stereocenters. The maximum absolute atomic E-state index is 11.4. The number of anilines is 2. The first-order valence-corrected chi connectivity index (χ1v) is 5.46. The van der Waals surface area contributed by atoms with E-state index in [0.717, 1.165) is 0 Å². The fourth-order valence-corrected chi connectivity index (χ4v) is 1.33. The van der Waals surface area contributed by atoms with Gasteiger partial charge in [0, 0.05) is 12.6 Å². The summed E-state index contributed by atoms with van der Waals surface area (Å²) in [6.45, 7) is 2.99. The van der Waals surface area contributed by atoms with E-state index in [1.54, 1.807) is 25.1 Å². The molecule has 98 valence electrons. The largest absolute Gasteiger partial charge is 0.495 e. The molecule has 0 aliphatic rings. The van der Waals surface area contributed by atoms with Gasteiger partial charge in [-0.2, -0.15) is 0 Å². The van der Waals surface area contributed by atoms with Crippen LogP contribution in [0.5, 0.6) is 5.75 Å². The molecule has 1 aromatic carbocycles. The molecule has 1 aromatic rings. The maximum Gasteiger partial charge on any atom is 0.240 e. The Bertz CT molecular complexity index is 458. The van der Waals surface area contributed by atoms with Crippen LogP contribution in [-0.4, -0.2) is 25.0 Å². The summed E-state index contributed by atoms with van der Waals surface area (Å²) in [5.74, 6) is 0.00177. The fraction of sp³-hybridized carbons (Fsp3) is 0.333. The van der Waals surface area contributed by atoms with Crippen molar-refractivity contribution in [1.29, 1.82) is 0 Å². The van der Waals surface area contributed by atoms with Crippen molar-refractivity contribution < 1.29 is 14.3 Å². The highest BCUT2D eigenvalue weighted by atomic mass is 16.5. The number of nitrogens with one attached hydrogen (secondary N) is 2. The number of rotatable bonds is 4. The summed E-state index contributed by atoms with van der Waals surface area (Å²) in [5, 5.41) is 5.26. The molecule has 0 saturated heterocycles. The van der Waals surface area contributed by atoms with E-state index in [1.165, 1.54) is 14.0 Å². The predicted octanol–water partition coefficient (Wildman–Crippen LogP) is 0.939. The van der Waals surface area contributed by atoms with Gasteiger partial charge in [0.25, 0.3) is 0 Å². The zero-order valence-corrected chi connectivity index (χ0v) is 10.6. The van der Waals surface area contributed by atoms with E-state index in [0.29, 0.717) is 17.1 Å². The molecular formula is C12H17N3O3. The lowest BCUT2D eigenvalue weighted by atomic mass is 10.2. The second-order valence-corrected chi connectivity index (χ2v) is 3.87. The van der Waals surface area contributed by atoms with Gasteiger partial charge in [0.1, 0.15) is 5.75 Å². The predicted molar refractivity (Wildman–Crippen MR) is 69.6 cm³/mol. The van der Waals surface area contributed by atoms with Crippen molar-refractivity contribution >= 4 is 23.2 Å². The highest BCUT2D eigenvalue weighted by Crippen LogP contribution is 2.27. The number of hydrogen-bond acceptors (Lipinski definition) is 4. The summed E-state index contributed by atoms with van der Waals surface area (Å²) in [5.41, 5.74) is 6.49. The molecule has 18 heavy (non-hydrogen) atoms. The van der Waals surface area contributed by atoms with Crippen LogP contribution in [0.2, 0.25) is 0 Å². The van der Waals surface area contributed by atoms with Crippen molar-refractivity contribution in [3.63, 3.8) is 0 Å². The van der Waals surface area contributed by atoms with Gasteiger partial charge in [-0.15, -0.1) is 0 Å². The zero-order chi connectivity index (χ0) is 13.7. The summed E-state index contributed by atoms with van der Waals surface area (Å²) in [6.07, 6.45) is 0. The van der Waals surface area contributed by atoms with Gasteiger partial charge in [-0.3, -0.25) is 9.59 Å². The first kappa shape index (κ1) is 14.0. The van der Waals surface area contributed by atoms with Crippen LogP contribution in [0.3, 0.4) is 0 Å². The van der Waals surface area contributed by atoms with Gasteiger partial charge in [0.05, 0.1) is 18.8 Å². The standard InChI is InChI=1S/C12H17N3O3/c1-7(13)12(17)15-9-4-5-11(18-3)10(6-9)14-8(2)16/h4-7H,13H2,1-3H3,(H,14,16)(H,15,17). The molecule has 0 aromatic heterocycles. The lowest BCUT2D eigenvalue weighted by molar-refractivity contribution is -0.117. The third kappa shape index (κ3) is 3.74. The number of ether oxygens (including phenoxy) is 1. The summed E-state index contributed by atoms with van der Waals surface area (Å²) < 4.78 is 5.10. The zero-order valence-electron chi connectivity index (χ0n) is 10.6. The van der Waals surface area contributed by atoms with Gasteiger partial charge < -0.3 is 21.1 Å². The van der Waals surface area contributed by atoms with Crippen molar-refractivity contribution in [2.24, 2.45) is 5.73 Å². The van der Waals surface area contributed by atoms with E-state index in [-0.39, 0.29) is 11.8 Å². The fourth-order valence-electron chi connectivity index (χ4n) is 1.33. The third-order valence-corrected chi connectivity index (χ3v) is 2.19. The Labute approximate surface area is 105 Å². The minimum absolute atomic E-state index is 0.219. The smallest absolute Gasteiger partial charge is 0.240 e. The number of carbonyl (C=O) groups excluding carboxylic acids is 2. The van der Waals surface area contributed by atoms with Gasteiger partial charge >= 0.3 is 0 Å². The van der Waals surface area contributed by atoms with Crippen LogP contribution < -0.4 is 21.1 Å². The second kappa shape index (κ2) is 6.02. The molecule has 1 atom stereocenters. The molecule has 6 heteroatoms. The van der Waals surface area contributed by atoms with Crippen molar-refractivity contribution in [2.75, 3.05) is 17.7 Å². The molecule has 1 rings (SSSR count). The molecule has 0 bridgehead atoms. The van der Waals surface area contributed by atoms with Crippen LogP contribution in [0.1, 0.15) is 13.8 Å². The Hall–Kier alpha value is -2.08. The quantitative estimate of drug-likeness (QED) is 0.742. The Morgan fingerprint density at radius 2 is 2.00 bits per heavy atom. The number of methoxy groups -OCH3 is 1. The monoisotopic (exact) mass is 251 g/mol. The van der Waals surface area contributed by atoms with E-state index in [9.17, 15) is 9.59 Å². The minimum atomic E-state index is -0.601. The lowest BCUT2D eigenvalue weighted by Crippen LogP contribution is -2.32. The highest BCUT2D eigenvalue weighted by Gasteiger charge is 2.10. The van der Waals surface area contributed by atoms with E-state index < -0.39 is 6.04 Å². The van der Waals surface area contributed by atoms with Gasteiger partial charge in [-0.05, 0) is 25.1 Å². The van der Waals surface area contributed by atoms with Gasteiger partial charge in [0.2, 0.25) is 11.8 Å². The van der Waals surface area contributed by atoms with Gasteiger partial charge in [0.15, 0.2) is 0 Å². The van der Waals surface area contributed by atoms with E-state index in [1.807, 2.05) is 0 Å². The molecule has 0 spiro atoms. The van der Waals surface area contributed by atoms with E-state index in [4.69, 9.17) is 10.5 Å². The number of hydrogen-bond donors (Lipinski definition) is 3. The summed E-state index contributed by atoms with van der Waals surface area (Å²) >= 11 is 0. The Morgan fingerprint density at radius 1 is 1.33 bits per heavy atom. The summed E-state index contributed by atoms with van der Waals surface area (Å²) in [7, 11) is 1.50. The third-order valence-electron chi connectivity index (χ3n) is 2.19. The van der Waals surface area contributed by atoms with E-state index >= 15 is 0 Å². The number of carbonyl (C=O) groups is 2. The molecule has 0 aliphatic heterocycles. The average molecular weight is 251 g/mol. The molecule has 0 aliphatic carbocycles. The molecule has 6 nitrogen and oxygen atoms in total.